The molecule has 1 unspecified atom stereocenters. The van der Waals surface area contributed by atoms with Crippen molar-refractivity contribution < 1.29 is 19.2 Å². The van der Waals surface area contributed by atoms with Crippen LogP contribution < -0.4 is 0 Å². The Labute approximate surface area is 201 Å². The molecule has 0 bridgehead atoms. The van der Waals surface area contributed by atoms with E-state index in [1.807, 2.05) is 44.2 Å². The lowest BCUT2D eigenvalue weighted by molar-refractivity contribution is -0.118. The van der Waals surface area contributed by atoms with Gasteiger partial charge < -0.3 is 9.63 Å². The molecule has 1 heterocycles. The number of aryl methyl sites for hydroxylation is 1. The van der Waals surface area contributed by atoms with Gasteiger partial charge in [-0.3, -0.25) is 14.6 Å². The van der Waals surface area contributed by atoms with Gasteiger partial charge in [-0.2, -0.15) is 0 Å². The fourth-order valence-electron chi connectivity index (χ4n) is 5.08. The molecule has 6 heteroatoms. The summed E-state index contributed by atoms with van der Waals surface area (Å²) in [6.45, 7) is 6.67. The van der Waals surface area contributed by atoms with Crippen LogP contribution in [0.2, 0.25) is 0 Å². The van der Waals surface area contributed by atoms with Crippen LogP contribution in [0.1, 0.15) is 92.6 Å². The number of carbonyl (C=O) groups is 2. The molecule has 1 aromatic carbocycles. The molecule has 0 spiro atoms. The number of unbranched alkanes of at least 4 members (excludes halogenated alkanes) is 1. The Kier molecular flexibility index (Phi) is 7.15. The van der Waals surface area contributed by atoms with Crippen LogP contribution in [-0.2, 0) is 17.6 Å². The number of hydrogen-bond donors (Lipinski definition) is 1. The van der Waals surface area contributed by atoms with Gasteiger partial charge in [0.15, 0.2) is 11.6 Å². The van der Waals surface area contributed by atoms with Crippen LogP contribution in [0.4, 0.5) is 0 Å². The molecule has 6 nitrogen and oxygen atoms in total. The zero-order valence-corrected chi connectivity index (χ0v) is 20.4. The van der Waals surface area contributed by atoms with Crippen LogP contribution in [0.5, 0.6) is 0 Å². The molecule has 1 N–H and O–H groups in total. The molecule has 0 aliphatic heterocycles. The fraction of sp³-hybridized carbons (Fsp3) is 0.500. The molecule has 4 rings (SSSR count). The van der Waals surface area contributed by atoms with E-state index in [-0.39, 0.29) is 28.7 Å². The number of hydrogen-bond acceptors (Lipinski definition) is 6. The monoisotopic (exact) mass is 462 g/mol. The lowest BCUT2D eigenvalue weighted by atomic mass is 9.75. The highest BCUT2D eigenvalue weighted by Crippen LogP contribution is 2.37. The van der Waals surface area contributed by atoms with Gasteiger partial charge in [0.1, 0.15) is 11.5 Å². The number of benzene rings is 1. The third-order valence-corrected chi connectivity index (χ3v) is 6.80. The summed E-state index contributed by atoms with van der Waals surface area (Å²) in [5.74, 6) is 0.849. The number of rotatable bonds is 8. The summed E-state index contributed by atoms with van der Waals surface area (Å²) < 4.78 is 5.62. The van der Waals surface area contributed by atoms with Crippen LogP contribution in [0.3, 0.4) is 0 Å². The highest BCUT2D eigenvalue weighted by molar-refractivity contribution is 6.23. The van der Waals surface area contributed by atoms with Crippen molar-refractivity contribution in [3.8, 4) is 0 Å². The number of fused-ring (bicyclic) bond motifs is 1. The minimum Gasteiger partial charge on any atom is -0.511 e. The molecule has 34 heavy (non-hydrogen) atoms. The summed E-state index contributed by atoms with van der Waals surface area (Å²) >= 11 is 0. The van der Waals surface area contributed by atoms with Crippen LogP contribution in [-0.4, -0.2) is 34.1 Å². The SMILES string of the molecule is CCCCN=C(CCc1noc2c1C(=O)CC(c1ccccc1)C2)C1=C(O)CC(C)(C)CC1=O. The predicted octanol–water partition coefficient (Wildman–Crippen LogP) is 5.96. The molecule has 1 atom stereocenters. The van der Waals surface area contributed by atoms with Crippen LogP contribution in [0.25, 0.3) is 0 Å². The lowest BCUT2D eigenvalue weighted by Crippen LogP contribution is -2.29. The highest BCUT2D eigenvalue weighted by Gasteiger charge is 2.36. The van der Waals surface area contributed by atoms with Gasteiger partial charge in [0, 0.05) is 37.9 Å². The van der Waals surface area contributed by atoms with Crippen molar-refractivity contribution in [2.24, 2.45) is 10.4 Å². The molecule has 0 saturated carbocycles. The topological polar surface area (TPSA) is 92.8 Å². The van der Waals surface area contributed by atoms with E-state index in [4.69, 9.17) is 9.52 Å². The second kappa shape index (κ2) is 10.1. The minimum atomic E-state index is -0.258. The van der Waals surface area contributed by atoms with E-state index in [9.17, 15) is 14.7 Å². The van der Waals surface area contributed by atoms with Crippen molar-refractivity contribution in [3.05, 3.63) is 64.2 Å². The molecular weight excluding hydrogens is 428 g/mol. The number of aromatic nitrogens is 1. The van der Waals surface area contributed by atoms with E-state index in [2.05, 4.69) is 12.1 Å². The van der Waals surface area contributed by atoms with Gasteiger partial charge in [-0.15, -0.1) is 0 Å². The van der Waals surface area contributed by atoms with Crippen molar-refractivity contribution in [2.75, 3.05) is 6.54 Å². The number of ketones is 2. The van der Waals surface area contributed by atoms with E-state index in [1.165, 1.54) is 0 Å². The van der Waals surface area contributed by atoms with E-state index in [1.54, 1.807) is 0 Å². The number of aliphatic hydroxyl groups excluding tert-OH is 1. The van der Waals surface area contributed by atoms with Crippen LogP contribution in [0, 0.1) is 5.41 Å². The summed E-state index contributed by atoms with van der Waals surface area (Å²) in [7, 11) is 0. The van der Waals surface area contributed by atoms with E-state index < -0.39 is 0 Å². The maximum Gasteiger partial charge on any atom is 0.168 e. The number of carbonyl (C=O) groups excluding carboxylic acids is 2. The maximum absolute atomic E-state index is 13.1. The van der Waals surface area contributed by atoms with Gasteiger partial charge in [0.2, 0.25) is 0 Å². The molecular formula is C28H34N2O4. The first-order valence-electron chi connectivity index (χ1n) is 12.3. The summed E-state index contributed by atoms with van der Waals surface area (Å²) in [5.41, 5.74) is 3.07. The van der Waals surface area contributed by atoms with Gasteiger partial charge in [-0.25, -0.2) is 0 Å². The minimum absolute atomic E-state index is 0.0494. The smallest absolute Gasteiger partial charge is 0.168 e. The number of aliphatic imine (C=N–C) groups is 1. The Morgan fingerprint density at radius 2 is 1.91 bits per heavy atom. The first-order valence-corrected chi connectivity index (χ1v) is 12.3. The van der Waals surface area contributed by atoms with Crippen molar-refractivity contribution >= 4 is 17.3 Å². The largest absolute Gasteiger partial charge is 0.511 e. The third kappa shape index (κ3) is 5.21. The number of nitrogens with zero attached hydrogens (tertiary/aromatic N) is 2. The average Bonchev–Trinajstić information content (AvgIpc) is 3.20. The van der Waals surface area contributed by atoms with E-state index in [0.29, 0.717) is 73.4 Å². The van der Waals surface area contributed by atoms with Crippen molar-refractivity contribution in [2.45, 2.75) is 78.1 Å². The van der Waals surface area contributed by atoms with Crippen molar-refractivity contribution in [1.82, 2.24) is 5.16 Å². The Morgan fingerprint density at radius 1 is 1.15 bits per heavy atom. The summed E-state index contributed by atoms with van der Waals surface area (Å²) in [6, 6.07) is 10.0. The van der Waals surface area contributed by atoms with Crippen molar-refractivity contribution in [1.29, 1.82) is 0 Å². The van der Waals surface area contributed by atoms with Crippen LogP contribution in [0.15, 0.2) is 51.2 Å². The average molecular weight is 463 g/mol. The summed E-state index contributed by atoms with van der Waals surface area (Å²) in [4.78, 5) is 30.7. The Bertz CT molecular complexity index is 1120. The molecule has 1 aromatic heterocycles. The van der Waals surface area contributed by atoms with Crippen molar-refractivity contribution in [3.63, 3.8) is 0 Å². The zero-order chi connectivity index (χ0) is 24.3. The molecule has 2 aromatic rings. The lowest BCUT2D eigenvalue weighted by Gasteiger charge is -2.30. The van der Waals surface area contributed by atoms with Gasteiger partial charge in [-0.05, 0) is 36.2 Å². The summed E-state index contributed by atoms with van der Waals surface area (Å²) in [6.07, 6.45) is 4.71. The van der Waals surface area contributed by atoms with Gasteiger partial charge in [0.25, 0.3) is 0 Å². The molecule has 2 aliphatic rings. The quantitative estimate of drug-likeness (QED) is 0.386. The molecule has 180 valence electrons. The van der Waals surface area contributed by atoms with E-state index in [0.717, 1.165) is 18.4 Å². The Hall–Kier alpha value is -3.02. The standard InChI is InChI=1S/C28H34N2O4/c1-4-5-13-29-20(26-23(32)16-28(2,3)17-24(26)33)11-12-21-27-22(31)14-19(15-25(27)34-30-21)18-9-7-6-8-10-18/h6-10,19,32H,4-5,11-17H2,1-3H3. The van der Waals surface area contributed by atoms with Gasteiger partial charge in [0.05, 0.1) is 16.8 Å². The van der Waals surface area contributed by atoms with E-state index >= 15 is 0 Å². The highest BCUT2D eigenvalue weighted by atomic mass is 16.5. The molecule has 0 saturated heterocycles. The molecule has 0 radical (unpaired) electrons. The number of Topliss-reactive ketones (excluding diaryl/α,β-unsaturated/α-hetero) is 2. The second-order valence-electron chi connectivity index (χ2n) is 10.3. The number of allylic oxidation sites excluding steroid dienone is 2. The Balaban J connectivity index is 1.55. The first-order chi connectivity index (χ1) is 16.3. The number of aliphatic hydroxyl groups is 1. The third-order valence-electron chi connectivity index (χ3n) is 6.80. The molecule has 0 amide bonds. The normalized spacial score (nSPS) is 20.6. The molecule has 2 aliphatic carbocycles. The second-order valence-corrected chi connectivity index (χ2v) is 10.3. The fourth-order valence-corrected chi connectivity index (χ4v) is 5.08. The van der Waals surface area contributed by atoms with Gasteiger partial charge in [-0.1, -0.05) is 62.7 Å². The molecule has 0 fully saturated rings. The Morgan fingerprint density at radius 3 is 2.62 bits per heavy atom. The summed E-state index contributed by atoms with van der Waals surface area (Å²) in [5, 5.41) is 15.0. The maximum atomic E-state index is 13.1. The zero-order valence-electron chi connectivity index (χ0n) is 20.4. The predicted molar refractivity (Wildman–Crippen MR) is 132 cm³/mol. The van der Waals surface area contributed by atoms with Gasteiger partial charge >= 0.3 is 0 Å². The van der Waals surface area contributed by atoms with Crippen LogP contribution >= 0.6 is 0 Å². The first kappa shape index (κ1) is 24.1.